The van der Waals surface area contributed by atoms with Crippen LogP contribution in [0.2, 0.25) is 0 Å². The summed E-state index contributed by atoms with van der Waals surface area (Å²) >= 11 is 0. The van der Waals surface area contributed by atoms with Crippen LogP contribution in [0, 0.1) is 23.2 Å². The van der Waals surface area contributed by atoms with Crippen molar-refractivity contribution < 1.29 is 4.74 Å². The minimum atomic E-state index is 0.102. The molecule has 0 heterocycles. The van der Waals surface area contributed by atoms with Crippen molar-refractivity contribution in [3.05, 3.63) is 24.3 Å². The second-order valence-corrected chi connectivity index (χ2v) is 5.58. The molecular weight excluding hydrogens is 236 g/mol. The molecule has 19 heavy (non-hydrogen) atoms. The predicted molar refractivity (Wildman–Crippen MR) is 77.1 cm³/mol. The van der Waals surface area contributed by atoms with Crippen LogP contribution in [0.3, 0.4) is 0 Å². The lowest BCUT2D eigenvalue weighted by molar-refractivity contribution is 0.261. The Balaban J connectivity index is 1.87. The number of benzene rings is 1. The van der Waals surface area contributed by atoms with Gasteiger partial charge >= 0.3 is 0 Å². The largest absolute Gasteiger partial charge is 0.479 e. The quantitative estimate of drug-likeness (QED) is 0.892. The molecule has 0 radical (unpaired) electrons. The molecule has 0 aromatic heterocycles. The number of nitrogens with zero attached hydrogens (tertiary/aromatic N) is 1. The third kappa shape index (κ3) is 3.89. The van der Waals surface area contributed by atoms with Crippen LogP contribution in [0.4, 0.5) is 5.69 Å². The molecule has 0 saturated heterocycles. The van der Waals surface area contributed by atoms with E-state index in [1.165, 1.54) is 19.3 Å². The van der Waals surface area contributed by atoms with Crippen LogP contribution in [0.25, 0.3) is 0 Å². The zero-order valence-electron chi connectivity index (χ0n) is 11.7. The highest BCUT2D eigenvalue weighted by atomic mass is 16.5. The molecule has 1 N–H and O–H groups in total. The molecule has 1 saturated carbocycles. The number of nitriles is 1. The molecule has 0 bridgehead atoms. The summed E-state index contributed by atoms with van der Waals surface area (Å²) in [6.45, 7) is 4.80. The van der Waals surface area contributed by atoms with Crippen LogP contribution in [0.5, 0.6) is 5.75 Å². The first-order chi connectivity index (χ1) is 9.19. The lowest BCUT2D eigenvalue weighted by atomic mass is 9.79. The zero-order valence-corrected chi connectivity index (χ0v) is 11.7. The van der Waals surface area contributed by atoms with Gasteiger partial charge in [0.25, 0.3) is 0 Å². The van der Waals surface area contributed by atoms with Crippen molar-refractivity contribution >= 4 is 5.69 Å². The van der Waals surface area contributed by atoms with Gasteiger partial charge in [-0.25, -0.2) is 0 Å². The topological polar surface area (TPSA) is 45.0 Å². The van der Waals surface area contributed by atoms with Crippen molar-refractivity contribution in [2.75, 3.05) is 11.9 Å². The number of nitrogens with one attached hydrogen (secondary N) is 1. The number of rotatable bonds is 4. The van der Waals surface area contributed by atoms with Crippen molar-refractivity contribution in [3.63, 3.8) is 0 Å². The SMILES string of the molecule is CC1CCC(Nc2ccc(OCC#N)cc2)CC1C. The van der Waals surface area contributed by atoms with E-state index in [-0.39, 0.29) is 6.61 Å². The molecule has 3 atom stereocenters. The van der Waals surface area contributed by atoms with E-state index in [9.17, 15) is 0 Å². The van der Waals surface area contributed by atoms with Gasteiger partial charge in [0.15, 0.2) is 6.61 Å². The summed E-state index contributed by atoms with van der Waals surface area (Å²) in [4.78, 5) is 0. The maximum atomic E-state index is 8.46. The first kappa shape index (κ1) is 13.7. The molecule has 1 aliphatic rings. The molecule has 1 aromatic carbocycles. The second-order valence-electron chi connectivity index (χ2n) is 5.58. The first-order valence-electron chi connectivity index (χ1n) is 7.05. The highest BCUT2D eigenvalue weighted by Crippen LogP contribution is 2.31. The summed E-state index contributed by atoms with van der Waals surface area (Å²) < 4.78 is 5.24. The van der Waals surface area contributed by atoms with Gasteiger partial charge in [-0.2, -0.15) is 5.26 Å². The van der Waals surface area contributed by atoms with Gasteiger partial charge in [-0.1, -0.05) is 13.8 Å². The Labute approximate surface area is 115 Å². The van der Waals surface area contributed by atoms with E-state index in [4.69, 9.17) is 10.00 Å². The van der Waals surface area contributed by atoms with Crippen LogP contribution >= 0.6 is 0 Å². The van der Waals surface area contributed by atoms with E-state index in [1.807, 2.05) is 30.3 Å². The van der Waals surface area contributed by atoms with Gasteiger partial charge in [-0.15, -0.1) is 0 Å². The van der Waals surface area contributed by atoms with E-state index in [0.717, 1.165) is 23.3 Å². The Hall–Kier alpha value is -1.69. The monoisotopic (exact) mass is 258 g/mol. The van der Waals surface area contributed by atoms with Crippen molar-refractivity contribution in [1.29, 1.82) is 5.26 Å². The Kier molecular flexibility index (Phi) is 4.68. The van der Waals surface area contributed by atoms with E-state index >= 15 is 0 Å². The molecule has 0 spiro atoms. The van der Waals surface area contributed by atoms with Crippen molar-refractivity contribution in [3.8, 4) is 11.8 Å². The Morgan fingerprint density at radius 2 is 1.95 bits per heavy atom. The van der Waals surface area contributed by atoms with Gasteiger partial charge in [-0.3, -0.25) is 0 Å². The highest BCUT2D eigenvalue weighted by Gasteiger charge is 2.24. The third-order valence-electron chi connectivity index (χ3n) is 4.13. The van der Waals surface area contributed by atoms with E-state index < -0.39 is 0 Å². The molecule has 1 aliphatic carbocycles. The van der Waals surface area contributed by atoms with Crippen LogP contribution in [-0.4, -0.2) is 12.6 Å². The molecule has 0 aliphatic heterocycles. The smallest absolute Gasteiger partial charge is 0.174 e. The van der Waals surface area contributed by atoms with E-state index in [2.05, 4.69) is 19.2 Å². The summed E-state index contributed by atoms with van der Waals surface area (Å²) in [5.74, 6) is 2.39. The Bertz CT molecular complexity index is 435. The molecule has 3 heteroatoms. The van der Waals surface area contributed by atoms with Gasteiger partial charge in [0, 0.05) is 11.7 Å². The van der Waals surface area contributed by atoms with E-state index in [0.29, 0.717) is 6.04 Å². The summed E-state index contributed by atoms with van der Waals surface area (Å²) in [5.41, 5.74) is 1.14. The van der Waals surface area contributed by atoms with Crippen molar-refractivity contribution in [2.24, 2.45) is 11.8 Å². The van der Waals surface area contributed by atoms with Gasteiger partial charge in [0.1, 0.15) is 11.8 Å². The van der Waals surface area contributed by atoms with Gasteiger partial charge in [-0.05, 0) is 55.4 Å². The summed E-state index contributed by atoms with van der Waals surface area (Å²) in [7, 11) is 0. The first-order valence-corrected chi connectivity index (χ1v) is 7.05. The fourth-order valence-corrected chi connectivity index (χ4v) is 2.68. The van der Waals surface area contributed by atoms with Gasteiger partial charge in [0.05, 0.1) is 0 Å². The number of ether oxygens (including phenoxy) is 1. The number of hydrogen-bond acceptors (Lipinski definition) is 3. The van der Waals surface area contributed by atoms with Gasteiger partial charge < -0.3 is 10.1 Å². The van der Waals surface area contributed by atoms with Crippen molar-refractivity contribution in [1.82, 2.24) is 0 Å². The normalized spacial score (nSPS) is 26.5. The zero-order chi connectivity index (χ0) is 13.7. The summed E-state index contributed by atoms with van der Waals surface area (Å²) in [5, 5.41) is 12.1. The third-order valence-corrected chi connectivity index (χ3v) is 4.13. The Morgan fingerprint density at radius 3 is 2.58 bits per heavy atom. The molecule has 1 fully saturated rings. The summed E-state index contributed by atoms with van der Waals surface area (Å²) in [6.07, 6.45) is 3.80. The van der Waals surface area contributed by atoms with Crippen LogP contribution in [-0.2, 0) is 0 Å². The van der Waals surface area contributed by atoms with Gasteiger partial charge in [0.2, 0.25) is 0 Å². The number of hydrogen-bond donors (Lipinski definition) is 1. The lowest BCUT2D eigenvalue weighted by Gasteiger charge is -2.33. The van der Waals surface area contributed by atoms with Crippen LogP contribution in [0.1, 0.15) is 33.1 Å². The summed E-state index contributed by atoms with van der Waals surface area (Å²) in [6, 6.07) is 10.4. The lowest BCUT2D eigenvalue weighted by Crippen LogP contribution is -2.30. The average molecular weight is 258 g/mol. The minimum absolute atomic E-state index is 0.102. The van der Waals surface area contributed by atoms with Crippen LogP contribution < -0.4 is 10.1 Å². The Morgan fingerprint density at radius 1 is 1.21 bits per heavy atom. The molecule has 102 valence electrons. The molecular formula is C16H22N2O. The molecule has 0 amide bonds. The van der Waals surface area contributed by atoms with Crippen LogP contribution in [0.15, 0.2) is 24.3 Å². The van der Waals surface area contributed by atoms with Crippen molar-refractivity contribution in [2.45, 2.75) is 39.2 Å². The van der Waals surface area contributed by atoms with E-state index in [1.54, 1.807) is 0 Å². The number of anilines is 1. The molecule has 1 aromatic rings. The fourth-order valence-electron chi connectivity index (χ4n) is 2.68. The molecule has 3 unspecified atom stereocenters. The standard InChI is InChI=1S/C16H22N2O/c1-12-3-4-15(11-13(12)2)18-14-5-7-16(8-6-14)19-10-9-17/h5-8,12-13,15,18H,3-4,10-11H2,1-2H3. The molecule has 2 rings (SSSR count). The fraction of sp³-hybridized carbons (Fsp3) is 0.562. The average Bonchev–Trinajstić information content (AvgIpc) is 2.42. The maximum absolute atomic E-state index is 8.46. The maximum Gasteiger partial charge on any atom is 0.174 e. The predicted octanol–water partition coefficient (Wildman–Crippen LogP) is 3.83. The highest BCUT2D eigenvalue weighted by molar-refractivity contribution is 5.47. The molecule has 3 nitrogen and oxygen atoms in total. The second kappa shape index (κ2) is 6.47. The minimum Gasteiger partial charge on any atom is -0.479 e.